The van der Waals surface area contributed by atoms with E-state index >= 15 is 0 Å². The molecule has 4 atom stereocenters. The van der Waals surface area contributed by atoms with Gasteiger partial charge in [-0.3, -0.25) is 14.4 Å². The number of nitrogens with one attached hydrogen (secondary N) is 1. The number of ether oxygens (including phenoxy) is 2. The van der Waals surface area contributed by atoms with E-state index in [1.165, 1.54) is 24.3 Å². The number of rotatable bonds is 9. The molecule has 3 aromatic carbocycles. The minimum Gasteiger partial charge on any atom is -0.490 e. The van der Waals surface area contributed by atoms with E-state index in [9.17, 15) is 22.7 Å². The Balaban J connectivity index is 1.63. The highest BCUT2D eigenvalue weighted by Crippen LogP contribution is 2.30. The van der Waals surface area contributed by atoms with Gasteiger partial charge in [-0.25, -0.2) is 12.8 Å². The second-order valence-electron chi connectivity index (χ2n) is 12.5. The molecular formula is C35H44Cl2FN3O6S. The summed E-state index contributed by atoms with van der Waals surface area (Å²) in [7, 11) is -2.09. The van der Waals surface area contributed by atoms with Gasteiger partial charge in [-0.15, -0.1) is 0 Å². The Hall–Kier alpha value is -2.93. The molecule has 1 aliphatic rings. The first-order chi connectivity index (χ1) is 22.8. The van der Waals surface area contributed by atoms with Crippen molar-refractivity contribution < 1.29 is 32.2 Å². The summed E-state index contributed by atoms with van der Waals surface area (Å²) in [6.07, 6.45) is 1.89. The number of aliphatic hydroxyl groups excluding tert-OH is 1. The van der Waals surface area contributed by atoms with Gasteiger partial charge in [0.15, 0.2) is 0 Å². The molecule has 1 aliphatic heterocycles. The van der Waals surface area contributed by atoms with Gasteiger partial charge in [0.1, 0.15) is 11.6 Å². The molecule has 0 fully saturated rings. The van der Waals surface area contributed by atoms with Crippen LogP contribution in [0.3, 0.4) is 0 Å². The number of aliphatic hydroxyl groups is 1. The highest BCUT2D eigenvalue weighted by molar-refractivity contribution is 7.92. The zero-order valence-corrected chi connectivity index (χ0v) is 30.0. The first-order valence-corrected chi connectivity index (χ1v) is 18.3. The summed E-state index contributed by atoms with van der Waals surface area (Å²) in [5, 5.41) is 11.2. The lowest BCUT2D eigenvalue weighted by molar-refractivity contribution is -0.0177. The van der Waals surface area contributed by atoms with E-state index in [-0.39, 0.29) is 47.4 Å². The summed E-state index contributed by atoms with van der Waals surface area (Å²) in [5.41, 5.74) is 1.29. The Morgan fingerprint density at radius 1 is 1.06 bits per heavy atom. The molecule has 0 spiro atoms. The smallest absolute Gasteiger partial charge is 0.261 e. The van der Waals surface area contributed by atoms with E-state index in [0.717, 1.165) is 30.5 Å². The molecular weight excluding hydrogens is 680 g/mol. The van der Waals surface area contributed by atoms with E-state index in [4.69, 9.17) is 32.7 Å². The normalized spacial score (nSPS) is 20.5. The van der Waals surface area contributed by atoms with E-state index < -0.39 is 27.8 Å². The van der Waals surface area contributed by atoms with Gasteiger partial charge >= 0.3 is 0 Å². The topological polar surface area (TPSA) is 108 Å². The van der Waals surface area contributed by atoms with Gasteiger partial charge in [0.2, 0.25) is 0 Å². The van der Waals surface area contributed by atoms with Crippen molar-refractivity contribution in [1.29, 1.82) is 0 Å². The average molecular weight is 725 g/mol. The molecule has 262 valence electrons. The number of anilines is 1. The molecule has 2 N–H and O–H groups in total. The van der Waals surface area contributed by atoms with Gasteiger partial charge in [0.25, 0.3) is 15.9 Å². The van der Waals surface area contributed by atoms with Crippen LogP contribution < -0.4 is 9.46 Å². The lowest BCUT2D eigenvalue weighted by Gasteiger charge is -2.36. The predicted molar refractivity (Wildman–Crippen MR) is 187 cm³/mol. The molecule has 0 saturated carbocycles. The van der Waals surface area contributed by atoms with Gasteiger partial charge < -0.3 is 19.5 Å². The van der Waals surface area contributed by atoms with Crippen molar-refractivity contribution in [2.75, 3.05) is 38.1 Å². The number of benzene rings is 3. The summed E-state index contributed by atoms with van der Waals surface area (Å²) in [4.78, 5) is 17.9. The number of carbonyl (C=O) groups is 1. The molecule has 1 amide bonds. The van der Waals surface area contributed by atoms with Gasteiger partial charge in [0, 0.05) is 37.8 Å². The van der Waals surface area contributed by atoms with Gasteiger partial charge in [-0.05, 0) is 100 Å². The van der Waals surface area contributed by atoms with Crippen molar-refractivity contribution in [2.45, 2.75) is 69.7 Å². The number of likely N-dealkylation sites (N-methyl/N-ethyl adjacent to an activating group) is 1. The minimum atomic E-state index is -4.08. The molecule has 9 nitrogen and oxygen atoms in total. The Kier molecular flexibility index (Phi) is 13.5. The summed E-state index contributed by atoms with van der Waals surface area (Å²) < 4.78 is 54.8. The summed E-state index contributed by atoms with van der Waals surface area (Å²) in [6, 6.07) is 14.0. The molecule has 0 radical (unpaired) electrons. The summed E-state index contributed by atoms with van der Waals surface area (Å²) in [5.74, 6) is -0.819. The van der Waals surface area contributed by atoms with Crippen molar-refractivity contribution in [2.24, 2.45) is 5.92 Å². The van der Waals surface area contributed by atoms with Crippen molar-refractivity contribution >= 4 is 44.8 Å². The minimum absolute atomic E-state index is 0.125. The predicted octanol–water partition coefficient (Wildman–Crippen LogP) is 6.86. The zero-order valence-electron chi connectivity index (χ0n) is 27.7. The molecule has 3 aromatic rings. The fraction of sp³-hybridized carbons (Fsp3) is 0.457. The van der Waals surface area contributed by atoms with Gasteiger partial charge in [-0.2, -0.15) is 0 Å². The first kappa shape index (κ1) is 37.9. The Labute approximate surface area is 293 Å². The summed E-state index contributed by atoms with van der Waals surface area (Å²) >= 11 is 12.4. The summed E-state index contributed by atoms with van der Waals surface area (Å²) in [6.45, 7) is 7.38. The lowest BCUT2D eigenvalue weighted by atomic mass is 10.0. The van der Waals surface area contributed by atoms with Crippen LogP contribution in [-0.2, 0) is 21.3 Å². The molecule has 0 bridgehead atoms. The Morgan fingerprint density at radius 3 is 2.48 bits per heavy atom. The second kappa shape index (κ2) is 17.1. The van der Waals surface area contributed by atoms with Crippen LogP contribution in [-0.4, -0.2) is 80.8 Å². The van der Waals surface area contributed by atoms with E-state index in [1.54, 1.807) is 24.0 Å². The lowest BCUT2D eigenvalue weighted by Crippen LogP contribution is -2.47. The number of halogens is 3. The van der Waals surface area contributed by atoms with Crippen LogP contribution in [0, 0.1) is 11.7 Å². The number of fused-ring (bicyclic) bond motifs is 1. The van der Waals surface area contributed by atoms with Crippen molar-refractivity contribution in [3.63, 3.8) is 0 Å². The van der Waals surface area contributed by atoms with Crippen LogP contribution in [0.25, 0.3) is 0 Å². The maximum Gasteiger partial charge on any atom is 0.261 e. The average Bonchev–Trinajstić information content (AvgIpc) is 3.04. The maximum atomic E-state index is 14.4. The molecule has 0 aliphatic carbocycles. The van der Waals surface area contributed by atoms with Gasteiger partial charge in [0.05, 0.1) is 45.4 Å². The number of hydrogen-bond acceptors (Lipinski definition) is 7. The van der Waals surface area contributed by atoms with Crippen LogP contribution in [0.1, 0.15) is 56.0 Å². The van der Waals surface area contributed by atoms with E-state index in [0.29, 0.717) is 41.9 Å². The molecule has 48 heavy (non-hydrogen) atoms. The number of hydrogen-bond donors (Lipinski definition) is 2. The third-order valence-corrected chi connectivity index (χ3v) is 10.5. The standard InChI is InChI=1S/C35H44Cl2FN3O6S/c1-23-19-41(24(2)22-42)35(43)30-18-28(39-48(44,45)29-12-9-27(38)10-13-29)11-15-33(30)47-25(3)7-5-6-16-46-34(23)21-40(4)20-26-8-14-31(36)32(37)17-26/h8-15,17-18,23-25,34,39,42H,5-7,16,19-22H2,1-4H3/t23-,24-,25+,34-/m0/s1. The fourth-order valence-corrected chi connectivity index (χ4v) is 6.97. The van der Waals surface area contributed by atoms with E-state index in [2.05, 4.69) is 9.62 Å². The highest BCUT2D eigenvalue weighted by Gasteiger charge is 2.31. The second-order valence-corrected chi connectivity index (χ2v) is 15.0. The van der Waals surface area contributed by atoms with Crippen LogP contribution in [0.2, 0.25) is 10.0 Å². The highest BCUT2D eigenvalue weighted by atomic mass is 35.5. The van der Waals surface area contributed by atoms with Crippen LogP contribution >= 0.6 is 23.2 Å². The number of carbonyl (C=O) groups excluding carboxylic acids is 1. The van der Waals surface area contributed by atoms with Gasteiger partial charge in [-0.1, -0.05) is 36.2 Å². The van der Waals surface area contributed by atoms with Crippen LogP contribution in [0.15, 0.2) is 65.6 Å². The largest absolute Gasteiger partial charge is 0.490 e. The van der Waals surface area contributed by atoms with Crippen molar-refractivity contribution in [3.8, 4) is 5.75 Å². The maximum absolute atomic E-state index is 14.4. The number of sulfonamides is 1. The SMILES string of the molecule is C[C@@H]1CCCCO[C@@H](CN(C)Cc2ccc(Cl)c(Cl)c2)[C@@H](C)CN([C@@H](C)CO)C(=O)c2cc(NS(=O)(=O)c3ccc(F)cc3)ccc2O1. The fourth-order valence-electron chi connectivity index (χ4n) is 5.60. The van der Waals surface area contributed by atoms with Crippen molar-refractivity contribution in [3.05, 3.63) is 87.7 Å². The third-order valence-electron chi connectivity index (χ3n) is 8.36. The molecule has 0 saturated heterocycles. The van der Waals surface area contributed by atoms with E-state index in [1.807, 2.05) is 33.0 Å². The quantitative estimate of drug-likeness (QED) is 0.248. The molecule has 13 heteroatoms. The Morgan fingerprint density at radius 2 is 1.79 bits per heavy atom. The third kappa shape index (κ3) is 10.3. The van der Waals surface area contributed by atoms with Crippen LogP contribution in [0.4, 0.5) is 10.1 Å². The number of nitrogens with zero attached hydrogens (tertiary/aromatic N) is 2. The van der Waals surface area contributed by atoms with Crippen LogP contribution in [0.5, 0.6) is 5.75 Å². The molecule has 0 aromatic heterocycles. The van der Waals surface area contributed by atoms with Crippen molar-refractivity contribution in [1.82, 2.24) is 9.80 Å². The monoisotopic (exact) mass is 723 g/mol. The number of amides is 1. The molecule has 1 heterocycles. The Bertz CT molecular complexity index is 1650. The molecule has 0 unspecified atom stereocenters. The zero-order chi connectivity index (χ0) is 35.0. The molecule has 4 rings (SSSR count). The first-order valence-electron chi connectivity index (χ1n) is 16.0.